The first-order valence-electron chi connectivity index (χ1n) is 4.82. The highest BCUT2D eigenvalue weighted by Crippen LogP contribution is 2.21. The second kappa shape index (κ2) is 4.95. The molecule has 5 heteroatoms. The number of thiazole rings is 1. The molecule has 0 aliphatic rings. The third-order valence-electron chi connectivity index (χ3n) is 1.94. The maximum Gasteiger partial charge on any atom is 0.125 e. The molecule has 2 rings (SSSR count). The summed E-state index contributed by atoms with van der Waals surface area (Å²) in [7, 11) is 0. The molecule has 78 valence electrons. The highest BCUT2D eigenvalue weighted by molar-refractivity contribution is 7.13. The minimum absolute atomic E-state index is 0.825. The Kier molecular flexibility index (Phi) is 3.37. The molecule has 2 aromatic heterocycles. The fourth-order valence-electron chi connectivity index (χ4n) is 1.19. The normalized spacial score (nSPS) is 10.5. The van der Waals surface area contributed by atoms with Crippen molar-refractivity contribution in [3.8, 4) is 10.6 Å². The number of hydrogen-bond donors (Lipinski definition) is 1. The predicted molar refractivity (Wildman–Crippen MR) is 60.5 cm³/mol. The van der Waals surface area contributed by atoms with Gasteiger partial charge in [0, 0.05) is 17.5 Å². The molecule has 2 aromatic rings. The molecule has 0 aliphatic carbocycles. The van der Waals surface area contributed by atoms with Crippen molar-refractivity contribution in [2.45, 2.75) is 13.5 Å². The molecule has 0 spiro atoms. The molecule has 0 unspecified atom stereocenters. The zero-order valence-electron chi connectivity index (χ0n) is 8.47. The Labute approximate surface area is 92.4 Å². The summed E-state index contributed by atoms with van der Waals surface area (Å²) in [5.41, 5.74) is 2.10. The van der Waals surface area contributed by atoms with E-state index < -0.39 is 0 Å². The van der Waals surface area contributed by atoms with Crippen LogP contribution < -0.4 is 5.32 Å². The van der Waals surface area contributed by atoms with Gasteiger partial charge in [-0.25, -0.2) is 4.98 Å². The van der Waals surface area contributed by atoms with Gasteiger partial charge >= 0.3 is 0 Å². The summed E-state index contributed by atoms with van der Waals surface area (Å²) in [6, 6.07) is 1.92. The average molecular weight is 220 g/mol. The molecule has 0 fully saturated rings. The van der Waals surface area contributed by atoms with Gasteiger partial charge < -0.3 is 5.32 Å². The minimum Gasteiger partial charge on any atom is -0.311 e. The van der Waals surface area contributed by atoms with Crippen LogP contribution in [-0.4, -0.2) is 21.7 Å². The third kappa shape index (κ3) is 2.57. The van der Waals surface area contributed by atoms with Gasteiger partial charge in [-0.1, -0.05) is 6.92 Å². The second-order valence-corrected chi connectivity index (χ2v) is 3.91. The molecule has 0 atom stereocenters. The smallest absolute Gasteiger partial charge is 0.125 e. The van der Waals surface area contributed by atoms with Crippen molar-refractivity contribution in [3.05, 3.63) is 29.5 Å². The summed E-state index contributed by atoms with van der Waals surface area (Å²) in [6.07, 6.45) is 3.41. The Morgan fingerprint density at radius 3 is 3.07 bits per heavy atom. The molecule has 1 N–H and O–H groups in total. The molecule has 4 nitrogen and oxygen atoms in total. The number of nitrogens with zero attached hydrogens (tertiary/aromatic N) is 3. The summed E-state index contributed by atoms with van der Waals surface area (Å²) in [6.45, 7) is 3.87. The van der Waals surface area contributed by atoms with E-state index in [1.165, 1.54) is 0 Å². The maximum atomic E-state index is 4.51. The van der Waals surface area contributed by atoms with E-state index in [1.807, 2.05) is 6.07 Å². The Morgan fingerprint density at radius 1 is 1.40 bits per heavy atom. The van der Waals surface area contributed by atoms with Crippen LogP contribution in [0.25, 0.3) is 10.6 Å². The Balaban J connectivity index is 2.14. The van der Waals surface area contributed by atoms with Crippen LogP contribution in [-0.2, 0) is 6.54 Å². The van der Waals surface area contributed by atoms with Gasteiger partial charge in [-0.2, -0.15) is 10.2 Å². The van der Waals surface area contributed by atoms with Crippen molar-refractivity contribution in [1.82, 2.24) is 20.5 Å². The van der Waals surface area contributed by atoms with Crippen LogP contribution >= 0.6 is 11.3 Å². The third-order valence-corrected chi connectivity index (χ3v) is 2.88. The molecule has 0 aromatic carbocycles. The summed E-state index contributed by atoms with van der Waals surface area (Å²) in [5.74, 6) is 0. The lowest BCUT2D eigenvalue weighted by Gasteiger charge is -1.96. The van der Waals surface area contributed by atoms with Gasteiger partial charge in [0.15, 0.2) is 0 Å². The molecule has 0 saturated carbocycles. The minimum atomic E-state index is 0.825. The van der Waals surface area contributed by atoms with Crippen LogP contribution in [0.15, 0.2) is 23.8 Å². The fourth-order valence-corrected chi connectivity index (χ4v) is 2.00. The van der Waals surface area contributed by atoms with Crippen molar-refractivity contribution >= 4 is 11.3 Å². The first kappa shape index (κ1) is 10.2. The summed E-state index contributed by atoms with van der Waals surface area (Å²) in [4.78, 5) is 4.51. The number of aromatic nitrogens is 3. The molecular weight excluding hydrogens is 208 g/mol. The average Bonchev–Trinajstić information content (AvgIpc) is 2.76. The number of hydrogen-bond acceptors (Lipinski definition) is 5. The van der Waals surface area contributed by atoms with Gasteiger partial charge in [0.2, 0.25) is 0 Å². The van der Waals surface area contributed by atoms with E-state index in [2.05, 4.69) is 32.8 Å². The van der Waals surface area contributed by atoms with Crippen molar-refractivity contribution < 1.29 is 0 Å². The SMILES string of the molecule is CCNCc1csc(-c2ccnnc2)n1. The Hall–Kier alpha value is -1.33. The molecule has 0 bridgehead atoms. The van der Waals surface area contributed by atoms with E-state index in [1.54, 1.807) is 23.7 Å². The Morgan fingerprint density at radius 2 is 2.33 bits per heavy atom. The summed E-state index contributed by atoms with van der Waals surface area (Å²) >= 11 is 1.63. The first-order chi connectivity index (χ1) is 7.40. The fraction of sp³-hybridized carbons (Fsp3) is 0.300. The number of rotatable bonds is 4. The van der Waals surface area contributed by atoms with Crippen molar-refractivity contribution in [1.29, 1.82) is 0 Å². The quantitative estimate of drug-likeness (QED) is 0.852. The molecule has 15 heavy (non-hydrogen) atoms. The van der Waals surface area contributed by atoms with Crippen molar-refractivity contribution in [3.63, 3.8) is 0 Å². The molecule has 0 radical (unpaired) electrons. The van der Waals surface area contributed by atoms with Gasteiger partial charge in [-0.15, -0.1) is 11.3 Å². The summed E-state index contributed by atoms with van der Waals surface area (Å²) in [5, 5.41) is 13.9. The van der Waals surface area contributed by atoms with E-state index in [-0.39, 0.29) is 0 Å². The highest BCUT2D eigenvalue weighted by Gasteiger charge is 2.03. The van der Waals surface area contributed by atoms with Crippen LogP contribution in [0.2, 0.25) is 0 Å². The predicted octanol–water partition coefficient (Wildman–Crippen LogP) is 1.71. The molecule has 0 amide bonds. The lowest BCUT2D eigenvalue weighted by molar-refractivity contribution is 0.715. The summed E-state index contributed by atoms with van der Waals surface area (Å²) < 4.78 is 0. The van der Waals surface area contributed by atoms with Gasteiger partial charge in [0.1, 0.15) is 5.01 Å². The molecule has 2 heterocycles. The standard InChI is InChI=1S/C10H12N4S/c1-2-11-6-9-7-15-10(14-9)8-3-4-12-13-5-8/h3-5,7,11H,2,6H2,1H3. The van der Waals surface area contributed by atoms with E-state index in [4.69, 9.17) is 0 Å². The largest absolute Gasteiger partial charge is 0.311 e. The van der Waals surface area contributed by atoms with Crippen LogP contribution in [0, 0.1) is 0 Å². The molecule has 0 aliphatic heterocycles. The topological polar surface area (TPSA) is 50.7 Å². The van der Waals surface area contributed by atoms with Crippen molar-refractivity contribution in [2.24, 2.45) is 0 Å². The van der Waals surface area contributed by atoms with E-state index in [9.17, 15) is 0 Å². The van der Waals surface area contributed by atoms with Crippen LogP contribution in [0.1, 0.15) is 12.6 Å². The van der Waals surface area contributed by atoms with E-state index in [0.717, 1.165) is 29.4 Å². The van der Waals surface area contributed by atoms with Gasteiger partial charge in [-0.3, -0.25) is 0 Å². The van der Waals surface area contributed by atoms with Gasteiger partial charge in [0.25, 0.3) is 0 Å². The molecule has 0 saturated heterocycles. The lowest BCUT2D eigenvalue weighted by atomic mass is 10.3. The van der Waals surface area contributed by atoms with E-state index in [0.29, 0.717) is 0 Å². The zero-order valence-corrected chi connectivity index (χ0v) is 9.29. The molecular formula is C10H12N4S. The van der Waals surface area contributed by atoms with E-state index >= 15 is 0 Å². The lowest BCUT2D eigenvalue weighted by Crippen LogP contribution is -2.11. The first-order valence-corrected chi connectivity index (χ1v) is 5.70. The van der Waals surface area contributed by atoms with Crippen LogP contribution in [0.3, 0.4) is 0 Å². The van der Waals surface area contributed by atoms with Gasteiger partial charge in [-0.05, 0) is 12.6 Å². The monoisotopic (exact) mass is 220 g/mol. The highest BCUT2D eigenvalue weighted by atomic mass is 32.1. The second-order valence-electron chi connectivity index (χ2n) is 3.06. The van der Waals surface area contributed by atoms with Gasteiger partial charge in [0.05, 0.1) is 18.1 Å². The van der Waals surface area contributed by atoms with Crippen LogP contribution in [0.5, 0.6) is 0 Å². The number of nitrogens with one attached hydrogen (secondary N) is 1. The zero-order chi connectivity index (χ0) is 10.5. The maximum absolute atomic E-state index is 4.51. The van der Waals surface area contributed by atoms with Crippen molar-refractivity contribution in [2.75, 3.05) is 6.54 Å². The Bertz CT molecular complexity index is 412. The van der Waals surface area contributed by atoms with Crippen LogP contribution in [0.4, 0.5) is 0 Å².